The highest BCUT2D eigenvalue weighted by atomic mass is 32.2. The fraction of sp³-hybridized carbons (Fsp3) is 0.647. The maximum absolute atomic E-state index is 12.6. The third kappa shape index (κ3) is 3.89. The molecule has 0 radical (unpaired) electrons. The molecule has 1 aliphatic carbocycles. The van der Waals surface area contributed by atoms with Gasteiger partial charge in [-0.2, -0.15) is 0 Å². The van der Waals surface area contributed by atoms with Crippen LogP contribution in [0.4, 0.5) is 0 Å². The van der Waals surface area contributed by atoms with Crippen LogP contribution in [0.15, 0.2) is 29.2 Å². The average molecular weight is 325 g/mol. The lowest BCUT2D eigenvalue weighted by Crippen LogP contribution is -2.54. The lowest BCUT2D eigenvalue weighted by Gasteiger charge is -2.42. The van der Waals surface area contributed by atoms with Gasteiger partial charge in [0.05, 0.1) is 11.0 Å². The molecule has 0 saturated heterocycles. The van der Waals surface area contributed by atoms with Gasteiger partial charge in [-0.25, -0.2) is 13.1 Å². The molecular weight excluding hydrogens is 298 g/mol. The summed E-state index contributed by atoms with van der Waals surface area (Å²) in [5.74, 6) is 0.430. The van der Waals surface area contributed by atoms with Crippen LogP contribution < -0.4 is 4.72 Å². The molecular formula is C17H27NO3S. The molecule has 1 fully saturated rings. The molecule has 5 heteroatoms. The maximum Gasteiger partial charge on any atom is 0.241 e. The zero-order valence-corrected chi connectivity index (χ0v) is 14.7. The van der Waals surface area contributed by atoms with Crippen LogP contribution in [0.1, 0.15) is 45.6 Å². The van der Waals surface area contributed by atoms with Gasteiger partial charge in [0.2, 0.25) is 10.0 Å². The van der Waals surface area contributed by atoms with Crippen LogP contribution in [-0.4, -0.2) is 25.2 Å². The minimum atomic E-state index is -3.58. The Kier molecular flexibility index (Phi) is 5.00. The number of rotatable bonds is 4. The Bertz CT molecular complexity index is 607. The maximum atomic E-state index is 12.6. The second kappa shape index (κ2) is 6.30. The van der Waals surface area contributed by atoms with E-state index in [1.165, 1.54) is 0 Å². The van der Waals surface area contributed by atoms with Gasteiger partial charge < -0.3 is 5.11 Å². The van der Waals surface area contributed by atoms with E-state index in [1.807, 2.05) is 20.8 Å². The molecule has 4 nitrogen and oxygen atoms in total. The molecule has 0 spiro atoms. The molecule has 0 aliphatic heterocycles. The van der Waals surface area contributed by atoms with Gasteiger partial charge in [-0.1, -0.05) is 31.0 Å². The van der Waals surface area contributed by atoms with E-state index in [1.54, 1.807) is 24.3 Å². The highest BCUT2D eigenvalue weighted by molar-refractivity contribution is 7.89. The van der Waals surface area contributed by atoms with Gasteiger partial charge in [-0.3, -0.25) is 0 Å². The van der Waals surface area contributed by atoms with Crippen molar-refractivity contribution < 1.29 is 13.5 Å². The van der Waals surface area contributed by atoms with E-state index < -0.39 is 21.7 Å². The monoisotopic (exact) mass is 325 g/mol. The van der Waals surface area contributed by atoms with E-state index in [2.05, 4.69) is 11.6 Å². The summed E-state index contributed by atoms with van der Waals surface area (Å²) >= 11 is 0. The Hall–Kier alpha value is -0.910. The zero-order valence-electron chi connectivity index (χ0n) is 13.8. The van der Waals surface area contributed by atoms with E-state index in [9.17, 15) is 13.5 Å². The summed E-state index contributed by atoms with van der Waals surface area (Å²) in [6, 6.07) is 6.82. The van der Waals surface area contributed by atoms with Crippen molar-refractivity contribution in [1.82, 2.24) is 4.72 Å². The first-order valence-electron chi connectivity index (χ1n) is 7.90. The summed E-state index contributed by atoms with van der Waals surface area (Å²) < 4.78 is 28.0. The van der Waals surface area contributed by atoms with Crippen molar-refractivity contribution >= 4 is 10.0 Å². The molecule has 0 amide bonds. The summed E-state index contributed by atoms with van der Waals surface area (Å²) in [4.78, 5) is 0.268. The van der Waals surface area contributed by atoms with Crippen molar-refractivity contribution in [3.8, 4) is 0 Å². The van der Waals surface area contributed by atoms with Crippen LogP contribution in [-0.2, 0) is 10.0 Å². The van der Waals surface area contributed by atoms with Gasteiger partial charge in [0.1, 0.15) is 0 Å². The zero-order chi connectivity index (χ0) is 16.5. The first-order chi connectivity index (χ1) is 10.1. The van der Waals surface area contributed by atoms with Gasteiger partial charge in [0.15, 0.2) is 0 Å². The molecule has 0 heterocycles. The summed E-state index contributed by atoms with van der Waals surface area (Å²) in [6.45, 7) is 7.78. The lowest BCUT2D eigenvalue weighted by molar-refractivity contribution is 0.0127. The number of nitrogens with one attached hydrogen (secondary N) is 1. The molecule has 0 bridgehead atoms. The Morgan fingerprint density at radius 3 is 2.32 bits per heavy atom. The van der Waals surface area contributed by atoms with Crippen molar-refractivity contribution in [3.63, 3.8) is 0 Å². The second-order valence-electron chi connectivity index (χ2n) is 7.23. The topological polar surface area (TPSA) is 66.4 Å². The number of aliphatic hydroxyl groups is 1. The lowest BCUT2D eigenvalue weighted by atomic mass is 9.72. The Labute approximate surface area is 134 Å². The molecule has 124 valence electrons. The van der Waals surface area contributed by atoms with Crippen LogP contribution >= 0.6 is 0 Å². The largest absolute Gasteiger partial charge is 0.393 e. The molecule has 1 aromatic rings. The van der Waals surface area contributed by atoms with Gasteiger partial charge >= 0.3 is 0 Å². The van der Waals surface area contributed by atoms with Crippen LogP contribution in [0.2, 0.25) is 0 Å². The van der Waals surface area contributed by atoms with Gasteiger partial charge in [0, 0.05) is 11.5 Å². The Morgan fingerprint density at radius 1 is 1.18 bits per heavy atom. The van der Waals surface area contributed by atoms with Crippen LogP contribution in [0.5, 0.6) is 0 Å². The quantitative estimate of drug-likeness (QED) is 0.894. The number of sulfonamides is 1. The summed E-state index contributed by atoms with van der Waals surface area (Å²) in [6.07, 6.45) is 2.14. The van der Waals surface area contributed by atoms with Crippen molar-refractivity contribution in [1.29, 1.82) is 0 Å². The summed E-state index contributed by atoms with van der Waals surface area (Å²) in [5.41, 5.74) is 0.346. The number of benzene rings is 1. The third-order valence-corrected chi connectivity index (χ3v) is 6.42. The minimum absolute atomic E-state index is 0.0658. The van der Waals surface area contributed by atoms with E-state index >= 15 is 0 Å². The minimum Gasteiger partial charge on any atom is -0.393 e. The fourth-order valence-electron chi connectivity index (χ4n) is 3.39. The number of hydrogen-bond donors (Lipinski definition) is 2. The summed E-state index contributed by atoms with van der Waals surface area (Å²) in [5, 5.41) is 10.3. The molecule has 0 aromatic heterocycles. The van der Waals surface area contributed by atoms with Crippen molar-refractivity contribution in [2.75, 3.05) is 0 Å². The van der Waals surface area contributed by atoms with Crippen molar-refractivity contribution in [2.45, 2.75) is 63.5 Å². The van der Waals surface area contributed by atoms with Gasteiger partial charge in [0.25, 0.3) is 0 Å². The first kappa shape index (κ1) is 17.4. The standard InChI is InChI=1S/C17H27NO3S/c1-12-5-8-14(9-6-12)22(20,21)18-17(3,4)15-10-7-13(2)11-16(15)19/h5-6,8-9,13,15-16,18-19H,7,10-11H2,1-4H3/t13-,15-,16-/m1/s1. The molecule has 2 rings (SSSR count). The van der Waals surface area contributed by atoms with Crippen LogP contribution in [0.25, 0.3) is 0 Å². The molecule has 2 N–H and O–H groups in total. The second-order valence-corrected chi connectivity index (χ2v) is 8.91. The SMILES string of the molecule is Cc1ccc(S(=O)(=O)NC(C)(C)[C@@H]2CC[C@@H](C)C[C@H]2O)cc1. The molecule has 1 aliphatic rings. The molecule has 1 aromatic carbocycles. The van der Waals surface area contributed by atoms with E-state index in [-0.39, 0.29) is 10.8 Å². The molecule has 3 atom stereocenters. The predicted molar refractivity (Wildman–Crippen MR) is 88.1 cm³/mol. The Morgan fingerprint density at radius 2 is 1.77 bits per heavy atom. The van der Waals surface area contributed by atoms with Crippen LogP contribution in [0.3, 0.4) is 0 Å². The van der Waals surface area contributed by atoms with Crippen molar-refractivity contribution in [2.24, 2.45) is 11.8 Å². The Balaban J connectivity index is 2.18. The fourth-order valence-corrected chi connectivity index (χ4v) is 4.85. The number of hydrogen-bond acceptors (Lipinski definition) is 3. The predicted octanol–water partition coefficient (Wildman–Crippen LogP) is 2.85. The highest BCUT2D eigenvalue weighted by Gasteiger charge is 2.40. The van der Waals surface area contributed by atoms with Gasteiger partial charge in [-0.05, 0) is 51.7 Å². The van der Waals surface area contributed by atoms with E-state index in [0.717, 1.165) is 24.8 Å². The van der Waals surface area contributed by atoms with E-state index in [4.69, 9.17) is 0 Å². The number of aryl methyl sites for hydroxylation is 1. The smallest absolute Gasteiger partial charge is 0.241 e. The third-order valence-electron chi connectivity index (χ3n) is 4.73. The highest BCUT2D eigenvalue weighted by Crippen LogP contribution is 2.36. The van der Waals surface area contributed by atoms with Crippen LogP contribution in [0, 0.1) is 18.8 Å². The van der Waals surface area contributed by atoms with Gasteiger partial charge in [-0.15, -0.1) is 0 Å². The average Bonchev–Trinajstić information content (AvgIpc) is 2.37. The normalized spacial score (nSPS) is 26.9. The molecule has 22 heavy (non-hydrogen) atoms. The molecule has 1 saturated carbocycles. The first-order valence-corrected chi connectivity index (χ1v) is 9.39. The van der Waals surface area contributed by atoms with Crippen molar-refractivity contribution in [3.05, 3.63) is 29.8 Å². The number of aliphatic hydroxyl groups excluding tert-OH is 1. The summed E-state index contributed by atoms with van der Waals surface area (Å²) in [7, 11) is -3.58. The molecule has 0 unspecified atom stereocenters. The van der Waals surface area contributed by atoms with E-state index in [0.29, 0.717) is 5.92 Å².